The van der Waals surface area contributed by atoms with Gasteiger partial charge in [0, 0.05) is 12.1 Å². The third-order valence-corrected chi connectivity index (χ3v) is 8.23. The van der Waals surface area contributed by atoms with Crippen molar-refractivity contribution in [2.75, 3.05) is 0 Å². The maximum atomic E-state index is 8.58. The molecule has 43 heavy (non-hydrogen) atoms. The van der Waals surface area contributed by atoms with Crippen LogP contribution in [0, 0.1) is 0 Å². The summed E-state index contributed by atoms with van der Waals surface area (Å²) in [5, 5.41) is 4.36. The molecular weight excluding hydrogens is 520 g/mol. The molecule has 0 atom stereocenters. The summed E-state index contributed by atoms with van der Waals surface area (Å²) < 4.78 is 43.9. The lowest BCUT2D eigenvalue weighted by Gasteiger charge is -2.18. The van der Waals surface area contributed by atoms with Gasteiger partial charge >= 0.3 is 0 Å². The van der Waals surface area contributed by atoms with Crippen LogP contribution in [0.25, 0.3) is 71.6 Å². The fraction of sp³-hybridized carbons (Fsp3) is 0.0488. The van der Waals surface area contributed by atoms with Gasteiger partial charge in [0.1, 0.15) is 5.82 Å². The van der Waals surface area contributed by atoms with Gasteiger partial charge in [-0.3, -0.25) is 4.57 Å². The van der Waals surface area contributed by atoms with Gasteiger partial charge in [-0.05, 0) is 85.3 Å². The highest BCUT2D eigenvalue weighted by Gasteiger charge is 2.17. The molecule has 0 aliphatic rings. The van der Waals surface area contributed by atoms with E-state index in [4.69, 9.17) is 11.8 Å². The molecule has 0 radical (unpaired) electrons. The molecule has 8 aromatic rings. The smallest absolute Gasteiger partial charge is 0.114 e. The van der Waals surface area contributed by atoms with Crippen LogP contribution in [0.1, 0.15) is 19.6 Å². The highest BCUT2D eigenvalue weighted by molar-refractivity contribution is 6.21. The standard InChI is InChI=1S/C41H30N2/c1-2-39-42-37-21-10-11-22-38(37)43(39)32-25-23-29(24-26-32)40-33-17-6-8-19-35(33)41(36-20-9-7-18-34(36)40)31-16-12-15-30(27-31)28-13-4-3-5-14-28/h3-27H,2H2,1H3/i3D,4D,5D,13D,14D. The first-order valence-electron chi connectivity index (χ1n) is 17.1. The molecule has 0 N–H and O–H groups in total. The second kappa shape index (κ2) is 10.4. The molecule has 0 saturated heterocycles. The normalized spacial score (nSPS) is 13.1. The van der Waals surface area contributed by atoms with Crippen LogP contribution >= 0.6 is 0 Å². The van der Waals surface area contributed by atoms with Crippen LogP contribution in [0.15, 0.2) is 152 Å². The Bertz CT molecular complexity index is 2470. The number of rotatable bonds is 5. The van der Waals surface area contributed by atoms with E-state index in [0.29, 0.717) is 5.56 Å². The van der Waals surface area contributed by atoms with Crippen molar-refractivity contribution in [3.05, 3.63) is 157 Å². The van der Waals surface area contributed by atoms with Gasteiger partial charge in [0.05, 0.1) is 17.9 Å². The Kier molecular flexibility index (Phi) is 4.95. The zero-order valence-electron chi connectivity index (χ0n) is 28.6. The Hall–Kier alpha value is -5.47. The summed E-state index contributed by atoms with van der Waals surface area (Å²) in [7, 11) is 0. The molecule has 0 amide bonds. The van der Waals surface area contributed by atoms with Crippen molar-refractivity contribution >= 4 is 32.6 Å². The van der Waals surface area contributed by atoms with E-state index in [1.807, 2.05) is 48.5 Å². The molecule has 2 nitrogen and oxygen atoms in total. The molecule has 8 rings (SSSR count). The number of nitrogens with zero attached hydrogens (tertiary/aromatic N) is 2. The number of imidazole rings is 1. The molecular formula is C41H30N2. The maximum Gasteiger partial charge on any atom is 0.114 e. The average Bonchev–Trinajstić information content (AvgIpc) is 3.51. The van der Waals surface area contributed by atoms with Crippen LogP contribution < -0.4 is 0 Å². The van der Waals surface area contributed by atoms with Crippen LogP contribution in [-0.4, -0.2) is 9.55 Å². The Morgan fingerprint density at radius 1 is 0.558 bits per heavy atom. The Labute approximate surface area is 258 Å². The van der Waals surface area contributed by atoms with Gasteiger partial charge in [0.15, 0.2) is 0 Å². The molecule has 204 valence electrons. The van der Waals surface area contributed by atoms with Crippen molar-refractivity contribution in [1.29, 1.82) is 0 Å². The van der Waals surface area contributed by atoms with E-state index in [-0.39, 0.29) is 29.7 Å². The largest absolute Gasteiger partial charge is 0.296 e. The molecule has 0 bridgehead atoms. The van der Waals surface area contributed by atoms with Crippen LogP contribution in [-0.2, 0) is 6.42 Å². The van der Waals surface area contributed by atoms with E-state index in [0.717, 1.165) is 72.8 Å². The minimum Gasteiger partial charge on any atom is -0.296 e. The summed E-state index contributed by atoms with van der Waals surface area (Å²) in [4.78, 5) is 4.87. The van der Waals surface area contributed by atoms with Gasteiger partial charge in [-0.25, -0.2) is 4.98 Å². The SMILES string of the molecule is [2H]c1c([2H])c([2H])c(-c2cccc(-c3c4ccccc4c(-c4ccc(-n5c(CC)nc6ccccc65)cc4)c4ccccc34)c2)c([2H])c1[2H]. The molecule has 0 spiro atoms. The zero-order chi connectivity index (χ0) is 33.1. The molecule has 0 fully saturated rings. The zero-order valence-corrected chi connectivity index (χ0v) is 23.6. The summed E-state index contributed by atoms with van der Waals surface area (Å²) in [6.45, 7) is 2.13. The molecule has 0 aliphatic carbocycles. The minimum absolute atomic E-state index is 0.199. The molecule has 1 aromatic heterocycles. The molecule has 0 unspecified atom stereocenters. The number of benzene rings is 7. The van der Waals surface area contributed by atoms with Crippen LogP contribution in [0.3, 0.4) is 0 Å². The number of aromatic nitrogens is 2. The van der Waals surface area contributed by atoms with Crippen molar-refractivity contribution < 1.29 is 6.85 Å². The van der Waals surface area contributed by atoms with Crippen LogP contribution in [0.4, 0.5) is 0 Å². The first-order valence-corrected chi connectivity index (χ1v) is 14.6. The molecule has 0 aliphatic heterocycles. The average molecular weight is 556 g/mol. The predicted octanol–water partition coefficient (Wildman–Crippen LogP) is 10.9. The highest BCUT2D eigenvalue weighted by atomic mass is 15.1. The topological polar surface area (TPSA) is 17.8 Å². The molecule has 1 heterocycles. The van der Waals surface area contributed by atoms with E-state index in [9.17, 15) is 0 Å². The first-order chi connectivity index (χ1) is 23.4. The summed E-state index contributed by atoms with van der Waals surface area (Å²) in [6.07, 6.45) is 0.824. The van der Waals surface area contributed by atoms with E-state index in [2.05, 4.69) is 84.3 Å². The van der Waals surface area contributed by atoms with E-state index in [1.165, 1.54) is 0 Å². The Morgan fingerprint density at radius 3 is 1.79 bits per heavy atom. The predicted molar refractivity (Wildman–Crippen MR) is 182 cm³/mol. The Morgan fingerprint density at radius 2 is 1.14 bits per heavy atom. The maximum absolute atomic E-state index is 8.58. The second-order valence-electron chi connectivity index (χ2n) is 10.7. The van der Waals surface area contributed by atoms with Gasteiger partial charge in [-0.1, -0.05) is 128 Å². The van der Waals surface area contributed by atoms with Crippen molar-refractivity contribution in [1.82, 2.24) is 9.55 Å². The van der Waals surface area contributed by atoms with E-state index < -0.39 is 6.04 Å². The monoisotopic (exact) mass is 555 g/mol. The number of hydrogen-bond acceptors (Lipinski definition) is 1. The van der Waals surface area contributed by atoms with Crippen molar-refractivity contribution in [3.63, 3.8) is 0 Å². The van der Waals surface area contributed by atoms with Crippen molar-refractivity contribution in [2.24, 2.45) is 0 Å². The fourth-order valence-corrected chi connectivity index (χ4v) is 6.35. The van der Waals surface area contributed by atoms with Gasteiger partial charge in [0.2, 0.25) is 0 Å². The number of hydrogen-bond donors (Lipinski definition) is 0. The van der Waals surface area contributed by atoms with Gasteiger partial charge in [0.25, 0.3) is 0 Å². The molecule has 7 aromatic carbocycles. The third-order valence-electron chi connectivity index (χ3n) is 8.23. The summed E-state index contributed by atoms with van der Waals surface area (Å²) >= 11 is 0. The first kappa shape index (κ1) is 20.4. The van der Waals surface area contributed by atoms with Gasteiger partial charge < -0.3 is 0 Å². The summed E-state index contributed by atoms with van der Waals surface area (Å²) in [5.41, 5.74) is 8.12. The van der Waals surface area contributed by atoms with Crippen LogP contribution in [0.5, 0.6) is 0 Å². The fourth-order valence-electron chi connectivity index (χ4n) is 6.35. The summed E-state index contributed by atoms with van der Waals surface area (Å²) in [6, 6.07) is 40.0. The number of para-hydroxylation sites is 2. The second-order valence-corrected chi connectivity index (χ2v) is 10.7. The minimum atomic E-state index is -0.394. The van der Waals surface area contributed by atoms with Crippen molar-refractivity contribution in [3.8, 4) is 39.1 Å². The molecule has 2 heteroatoms. The number of aryl methyl sites for hydroxylation is 1. The highest BCUT2D eigenvalue weighted by Crippen LogP contribution is 2.44. The summed E-state index contributed by atoms with van der Waals surface area (Å²) in [5.74, 6) is 1.02. The van der Waals surface area contributed by atoms with E-state index in [1.54, 1.807) is 0 Å². The van der Waals surface area contributed by atoms with E-state index >= 15 is 0 Å². The molecule has 0 saturated carbocycles. The lowest BCUT2D eigenvalue weighted by molar-refractivity contribution is 0.908. The lowest BCUT2D eigenvalue weighted by Crippen LogP contribution is -2.00. The van der Waals surface area contributed by atoms with Gasteiger partial charge in [-0.15, -0.1) is 0 Å². The quantitative estimate of drug-likeness (QED) is 0.193. The van der Waals surface area contributed by atoms with Crippen LogP contribution in [0.2, 0.25) is 0 Å². The third kappa shape index (κ3) is 4.23. The van der Waals surface area contributed by atoms with Gasteiger partial charge in [-0.2, -0.15) is 0 Å². The number of fused-ring (bicyclic) bond motifs is 3. The lowest BCUT2D eigenvalue weighted by atomic mass is 9.85. The van der Waals surface area contributed by atoms with Crippen molar-refractivity contribution in [2.45, 2.75) is 13.3 Å². The Balaban J connectivity index is 1.33.